The topological polar surface area (TPSA) is 112 Å². The third-order valence-corrected chi connectivity index (χ3v) is 6.16. The zero-order valence-corrected chi connectivity index (χ0v) is 15.7. The van der Waals surface area contributed by atoms with Crippen molar-refractivity contribution in [2.24, 2.45) is 5.11 Å². The van der Waals surface area contributed by atoms with Crippen LogP contribution in [0.4, 0.5) is 0 Å². The van der Waals surface area contributed by atoms with Gasteiger partial charge in [-0.2, -0.15) is 8.42 Å². The third kappa shape index (κ3) is 4.59. The largest absolute Gasteiger partial charge is 0.390 e. The van der Waals surface area contributed by atoms with Crippen LogP contribution >= 0.6 is 11.3 Å². The van der Waals surface area contributed by atoms with Gasteiger partial charge in [-0.1, -0.05) is 28.9 Å². The van der Waals surface area contributed by atoms with Crippen molar-refractivity contribution < 1.29 is 17.7 Å². The zero-order valence-electron chi connectivity index (χ0n) is 14.1. The molecule has 0 aliphatic rings. The number of hydrogen-bond acceptors (Lipinski definition) is 6. The van der Waals surface area contributed by atoms with Crippen molar-refractivity contribution in [1.82, 2.24) is 0 Å². The molecular weight excluding hydrogens is 362 g/mol. The summed E-state index contributed by atoms with van der Waals surface area (Å²) in [6.07, 6.45) is -1.28. The summed E-state index contributed by atoms with van der Waals surface area (Å²) in [5, 5.41) is 15.6. The van der Waals surface area contributed by atoms with Crippen LogP contribution in [0, 0.1) is 20.8 Å². The first-order valence-electron chi connectivity index (χ1n) is 7.49. The highest BCUT2D eigenvalue weighted by Crippen LogP contribution is 2.28. The Bertz CT molecular complexity index is 865. The molecule has 7 nitrogen and oxygen atoms in total. The van der Waals surface area contributed by atoms with E-state index in [9.17, 15) is 13.5 Å². The molecule has 2 aromatic rings. The summed E-state index contributed by atoms with van der Waals surface area (Å²) < 4.78 is 30.1. The molecule has 2 atom stereocenters. The molecule has 0 amide bonds. The molecule has 1 N–H and O–H groups in total. The van der Waals surface area contributed by atoms with Crippen LogP contribution in [-0.2, 0) is 14.3 Å². The predicted molar refractivity (Wildman–Crippen MR) is 96.0 cm³/mol. The van der Waals surface area contributed by atoms with E-state index in [0.29, 0.717) is 16.0 Å². The zero-order chi connectivity index (χ0) is 18.6. The number of aryl methyl sites for hydroxylation is 3. The molecule has 1 heterocycles. The number of rotatable bonds is 7. The first-order valence-corrected chi connectivity index (χ1v) is 9.78. The molecule has 0 saturated carbocycles. The number of benzene rings is 1. The maximum Gasteiger partial charge on any atom is 0.297 e. The number of azide groups is 1. The Labute approximate surface area is 150 Å². The predicted octanol–water partition coefficient (Wildman–Crippen LogP) is 3.79. The molecule has 0 bridgehead atoms. The summed E-state index contributed by atoms with van der Waals surface area (Å²) in [7, 11) is -4.04. The first kappa shape index (κ1) is 19.4. The van der Waals surface area contributed by atoms with Gasteiger partial charge >= 0.3 is 0 Å². The van der Waals surface area contributed by atoms with E-state index in [1.165, 1.54) is 11.3 Å². The van der Waals surface area contributed by atoms with Crippen molar-refractivity contribution in [3.05, 3.63) is 61.7 Å². The maximum absolute atomic E-state index is 12.5. The van der Waals surface area contributed by atoms with Gasteiger partial charge in [-0.15, -0.1) is 11.3 Å². The fourth-order valence-electron chi connectivity index (χ4n) is 2.71. The van der Waals surface area contributed by atoms with Crippen LogP contribution in [-0.4, -0.2) is 26.2 Å². The molecule has 25 heavy (non-hydrogen) atoms. The summed E-state index contributed by atoms with van der Waals surface area (Å²) in [5.74, 6) is 0. The molecule has 0 fully saturated rings. The van der Waals surface area contributed by atoms with Crippen molar-refractivity contribution in [3.8, 4) is 0 Å². The number of aliphatic hydroxyl groups excluding tert-OH is 1. The Morgan fingerprint density at radius 3 is 2.48 bits per heavy atom. The van der Waals surface area contributed by atoms with E-state index in [4.69, 9.17) is 9.71 Å². The van der Waals surface area contributed by atoms with Gasteiger partial charge in [0.05, 0.1) is 17.6 Å². The van der Waals surface area contributed by atoms with E-state index in [0.717, 1.165) is 5.56 Å². The van der Waals surface area contributed by atoms with Crippen molar-refractivity contribution in [1.29, 1.82) is 0 Å². The second kappa shape index (κ2) is 7.99. The molecule has 0 aliphatic carbocycles. The van der Waals surface area contributed by atoms with Crippen molar-refractivity contribution in [3.63, 3.8) is 0 Å². The lowest BCUT2D eigenvalue weighted by Gasteiger charge is -2.18. The van der Waals surface area contributed by atoms with E-state index in [2.05, 4.69) is 10.0 Å². The number of thiophene rings is 1. The second-order valence-electron chi connectivity index (χ2n) is 5.70. The van der Waals surface area contributed by atoms with Gasteiger partial charge in [0.15, 0.2) is 0 Å². The second-order valence-corrected chi connectivity index (χ2v) is 8.23. The van der Waals surface area contributed by atoms with Gasteiger partial charge in [0.2, 0.25) is 0 Å². The minimum atomic E-state index is -4.04. The lowest BCUT2D eigenvalue weighted by Crippen LogP contribution is -2.25. The highest BCUT2D eigenvalue weighted by molar-refractivity contribution is 7.86. The SMILES string of the molecule is Cc1cc(C)c(S(=O)(=O)OC[C@@H](O)[C@@H](N=[N+]=[N-])c2cccs2)c(C)c1. The molecule has 9 heteroatoms. The molecule has 0 radical (unpaired) electrons. The Hall–Kier alpha value is -1.90. The first-order chi connectivity index (χ1) is 11.8. The molecule has 0 spiro atoms. The summed E-state index contributed by atoms with van der Waals surface area (Å²) >= 11 is 1.31. The average Bonchev–Trinajstić information content (AvgIpc) is 3.03. The number of aliphatic hydroxyl groups is 1. The lowest BCUT2D eigenvalue weighted by atomic mass is 10.1. The summed E-state index contributed by atoms with van der Waals surface area (Å²) in [6.45, 7) is 4.77. The molecule has 1 aromatic carbocycles. The summed E-state index contributed by atoms with van der Waals surface area (Å²) in [4.78, 5) is 3.45. The van der Waals surface area contributed by atoms with Crippen LogP contribution in [0.25, 0.3) is 10.4 Å². The minimum Gasteiger partial charge on any atom is -0.390 e. The van der Waals surface area contributed by atoms with Gasteiger partial charge in [0.25, 0.3) is 10.1 Å². The standard InChI is InChI=1S/C16H19N3O4S2/c1-10-7-11(2)16(12(3)8-10)25(21,22)23-9-13(20)15(18-19-17)14-5-4-6-24-14/h4-8,13,15,20H,9H2,1-3H3/t13-,15-/m1/s1. The summed E-state index contributed by atoms with van der Waals surface area (Å²) in [5.41, 5.74) is 10.8. The van der Waals surface area contributed by atoms with Crippen LogP contribution in [0.1, 0.15) is 27.6 Å². The normalized spacial score (nSPS) is 13.9. The summed E-state index contributed by atoms with van der Waals surface area (Å²) in [6, 6.07) is 6.07. The van der Waals surface area contributed by atoms with E-state index in [-0.39, 0.29) is 4.90 Å². The molecule has 2 rings (SSSR count). The van der Waals surface area contributed by atoms with E-state index in [1.807, 2.05) is 6.92 Å². The van der Waals surface area contributed by atoms with Crippen molar-refractivity contribution >= 4 is 21.5 Å². The van der Waals surface area contributed by atoms with Crippen molar-refractivity contribution in [2.45, 2.75) is 37.8 Å². The van der Waals surface area contributed by atoms with Gasteiger partial charge < -0.3 is 5.11 Å². The van der Waals surface area contributed by atoms with Gasteiger partial charge in [0, 0.05) is 9.79 Å². The Morgan fingerprint density at radius 2 is 1.96 bits per heavy atom. The van der Waals surface area contributed by atoms with Gasteiger partial charge in [-0.3, -0.25) is 4.18 Å². The fourth-order valence-corrected chi connectivity index (χ4v) is 4.87. The van der Waals surface area contributed by atoms with Crippen LogP contribution in [0.2, 0.25) is 0 Å². The minimum absolute atomic E-state index is 0.0989. The molecule has 0 unspecified atom stereocenters. The molecule has 134 valence electrons. The molecule has 0 saturated heterocycles. The van der Waals surface area contributed by atoms with Gasteiger partial charge in [-0.25, -0.2) is 0 Å². The average molecular weight is 381 g/mol. The van der Waals surface area contributed by atoms with Gasteiger partial charge in [-0.05, 0) is 48.9 Å². The smallest absolute Gasteiger partial charge is 0.297 e. The Kier molecular flexibility index (Phi) is 6.21. The monoisotopic (exact) mass is 381 g/mol. The Morgan fingerprint density at radius 1 is 1.32 bits per heavy atom. The van der Waals surface area contributed by atoms with Gasteiger partial charge in [0.1, 0.15) is 6.04 Å². The Balaban J connectivity index is 2.20. The lowest BCUT2D eigenvalue weighted by molar-refractivity contribution is 0.0889. The molecular formula is C16H19N3O4S2. The fraction of sp³-hybridized carbons (Fsp3) is 0.375. The highest BCUT2D eigenvalue weighted by atomic mass is 32.2. The van der Waals surface area contributed by atoms with Crippen molar-refractivity contribution in [2.75, 3.05) is 6.61 Å². The van der Waals surface area contributed by atoms with Crippen LogP contribution in [0.3, 0.4) is 0 Å². The molecule has 0 aliphatic heterocycles. The van der Waals surface area contributed by atoms with Crippen LogP contribution in [0.5, 0.6) is 0 Å². The van der Waals surface area contributed by atoms with E-state index >= 15 is 0 Å². The quantitative estimate of drug-likeness (QED) is 0.340. The third-order valence-electron chi connectivity index (χ3n) is 3.62. The van der Waals surface area contributed by atoms with E-state index in [1.54, 1.807) is 43.5 Å². The van der Waals surface area contributed by atoms with E-state index < -0.39 is 28.9 Å². The van der Waals surface area contributed by atoms with Crippen LogP contribution < -0.4 is 0 Å². The molecule has 1 aromatic heterocycles. The van der Waals surface area contributed by atoms with Crippen LogP contribution in [0.15, 0.2) is 39.7 Å². The number of hydrogen-bond donors (Lipinski definition) is 1. The highest BCUT2D eigenvalue weighted by Gasteiger charge is 2.26. The maximum atomic E-state index is 12.5. The number of nitrogens with zero attached hydrogens (tertiary/aromatic N) is 3.